The second-order valence-electron chi connectivity index (χ2n) is 4.71. The van der Waals surface area contributed by atoms with E-state index in [0.29, 0.717) is 6.54 Å². The molecule has 0 bridgehead atoms. The number of nitrogens with one attached hydrogen (secondary N) is 2. The zero-order valence-corrected chi connectivity index (χ0v) is 12.3. The van der Waals surface area contributed by atoms with Crippen LogP contribution in [0.3, 0.4) is 0 Å². The van der Waals surface area contributed by atoms with E-state index in [-0.39, 0.29) is 18.5 Å². The summed E-state index contributed by atoms with van der Waals surface area (Å²) < 4.78 is 10.5. The Morgan fingerprint density at radius 1 is 1.29 bits per heavy atom. The topological polar surface area (TPSA) is 63.5 Å². The van der Waals surface area contributed by atoms with Crippen LogP contribution in [0.25, 0.3) is 0 Å². The molecule has 2 N–H and O–H groups in total. The summed E-state index contributed by atoms with van der Waals surface area (Å²) in [5, 5.41) is 5.97. The van der Waals surface area contributed by atoms with Crippen molar-refractivity contribution in [1.29, 1.82) is 0 Å². The molecule has 0 spiro atoms. The van der Waals surface area contributed by atoms with Gasteiger partial charge in [-0.05, 0) is 25.1 Å². The molecule has 5 heteroatoms. The van der Waals surface area contributed by atoms with Gasteiger partial charge in [0.15, 0.2) is 0 Å². The van der Waals surface area contributed by atoms with Gasteiger partial charge in [-0.15, -0.1) is 0 Å². The highest BCUT2D eigenvalue weighted by atomic mass is 16.5. The zero-order chi connectivity index (χ0) is 15.1. The van der Waals surface area contributed by atoms with E-state index in [1.807, 2.05) is 43.3 Å². The summed E-state index contributed by atoms with van der Waals surface area (Å²) in [5.41, 5.74) is 0.951. The van der Waals surface area contributed by atoms with Crippen LogP contribution in [0.2, 0.25) is 0 Å². The van der Waals surface area contributed by atoms with E-state index in [0.717, 1.165) is 17.1 Å². The molecule has 0 aliphatic rings. The number of benzene rings is 1. The Labute approximate surface area is 124 Å². The fourth-order valence-electron chi connectivity index (χ4n) is 1.99. The van der Waals surface area contributed by atoms with Crippen LogP contribution in [0.4, 0.5) is 0 Å². The maximum Gasteiger partial charge on any atom is 0.234 e. The molecule has 1 aromatic carbocycles. The Morgan fingerprint density at radius 3 is 2.81 bits per heavy atom. The molecule has 2 aromatic rings. The highest BCUT2D eigenvalue weighted by Gasteiger charge is 2.10. The molecule has 5 nitrogen and oxygen atoms in total. The summed E-state index contributed by atoms with van der Waals surface area (Å²) in [6, 6.07) is 11.3. The highest BCUT2D eigenvalue weighted by molar-refractivity contribution is 5.78. The SMILES string of the molecule is COc1ccccc1CNC(=O)CN[C@H](C)c1ccco1. The molecule has 1 aromatic heterocycles. The van der Waals surface area contributed by atoms with Gasteiger partial charge in [-0.3, -0.25) is 10.1 Å². The van der Waals surface area contributed by atoms with Gasteiger partial charge in [0.05, 0.1) is 26.0 Å². The fourth-order valence-corrected chi connectivity index (χ4v) is 1.99. The lowest BCUT2D eigenvalue weighted by atomic mass is 10.2. The van der Waals surface area contributed by atoms with E-state index in [2.05, 4.69) is 10.6 Å². The molecule has 0 aliphatic carbocycles. The van der Waals surface area contributed by atoms with Crippen molar-refractivity contribution in [1.82, 2.24) is 10.6 Å². The molecule has 1 atom stereocenters. The number of carbonyl (C=O) groups is 1. The number of amides is 1. The number of rotatable bonds is 7. The first-order chi connectivity index (χ1) is 10.2. The standard InChI is InChI=1S/C16H20N2O3/c1-12(14-8-5-9-21-14)17-11-16(19)18-10-13-6-3-4-7-15(13)20-2/h3-9,12,17H,10-11H2,1-2H3,(H,18,19)/t12-/m1/s1. The van der Waals surface area contributed by atoms with Crippen LogP contribution in [0.1, 0.15) is 24.3 Å². The van der Waals surface area contributed by atoms with Gasteiger partial charge in [-0.25, -0.2) is 0 Å². The van der Waals surface area contributed by atoms with Crippen molar-refractivity contribution in [3.8, 4) is 5.75 Å². The molecule has 0 saturated heterocycles. The molecular formula is C16H20N2O3. The van der Waals surface area contributed by atoms with Crippen molar-refractivity contribution in [2.45, 2.75) is 19.5 Å². The zero-order valence-electron chi connectivity index (χ0n) is 12.3. The summed E-state index contributed by atoms with van der Waals surface area (Å²) in [5.74, 6) is 1.52. The predicted octanol–water partition coefficient (Wildman–Crippen LogP) is 2.26. The Bertz CT molecular complexity index is 567. The second kappa shape index (κ2) is 7.50. The molecule has 0 unspecified atom stereocenters. The molecule has 1 amide bonds. The van der Waals surface area contributed by atoms with Crippen molar-refractivity contribution in [3.63, 3.8) is 0 Å². The van der Waals surface area contributed by atoms with E-state index in [1.54, 1.807) is 13.4 Å². The molecule has 2 rings (SSSR count). The third kappa shape index (κ3) is 4.36. The maximum atomic E-state index is 11.8. The van der Waals surface area contributed by atoms with Crippen molar-refractivity contribution in [2.24, 2.45) is 0 Å². The first-order valence-electron chi connectivity index (χ1n) is 6.86. The first-order valence-corrected chi connectivity index (χ1v) is 6.86. The molecule has 0 aliphatic heterocycles. The van der Waals surface area contributed by atoms with Crippen molar-refractivity contribution in [3.05, 3.63) is 54.0 Å². The van der Waals surface area contributed by atoms with Crippen molar-refractivity contribution in [2.75, 3.05) is 13.7 Å². The number of hydrogen-bond donors (Lipinski definition) is 2. The number of hydrogen-bond acceptors (Lipinski definition) is 4. The summed E-state index contributed by atoms with van der Waals surface area (Å²) in [4.78, 5) is 11.8. The van der Waals surface area contributed by atoms with E-state index < -0.39 is 0 Å². The lowest BCUT2D eigenvalue weighted by molar-refractivity contribution is -0.120. The van der Waals surface area contributed by atoms with E-state index in [9.17, 15) is 4.79 Å². The van der Waals surface area contributed by atoms with Gasteiger partial charge in [-0.2, -0.15) is 0 Å². The third-order valence-corrected chi connectivity index (χ3v) is 3.21. The number of carbonyl (C=O) groups excluding carboxylic acids is 1. The van der Waals surface area contributed by atoms with Crippen LogP contribution in [-0.4, -0.2) is 19.6 Å². The van der Waals surface area contributed by atoms with Crippen LogP contribution < -0.4 is 15.4 Å². The minimum atomic E-state index is -0.0701. The number of para-hydroxylation sites is 1. The van der Waals surface area contributed by atoms with E-state index >= 15 is 0 Å². The van der Waals surface area contributed by atoms with E-state index in [1.165, 1.54) is 0 Å². The number of furan rings is 1. The Kier molecular flexibility index (Phi) is 5.40. The highest BCUT2D eigenvalue weighted by Crippen LogP contribution is 2.16. The molecule has 1 heterocycles. The molecule has 0 radical (unpaired) electrons. The van der Waals surface area contributed by atoms with Crippen molar-refractivity contribution >= 4 is 5.91 Å². The molecule has 112 valence electrons. The monoisotopic (exact) mass is 288 g/mol. The van der Waals surface area contributed by atoms with Crippen LogP contribution >= 0.6 is 0 Å². The molecule has 0 saturated carbocycles. The summed E-state index contributed by atoms with van der Waals surface area (Å²) >= 11 is 0. The average Bonchev–Trinajstić information content (AvgIpc) is 3.05. The molecule has 21 heavy (non-hydrogen) atoms. The summed E-state index contributed by atoms with van der Waals surface area (Å²) in [7, 11) is 1.62. The minimum absolute atomic E-state index is 0.00277. The predicted molar refractivity (Wildman–Crippen MR) is 80.0 cm³/mol. The molecule has 0 fully saturated rings. The molecular weight excluding hydrogens is 268 g/mol. The Balaban J connectivity index is 1.77. The van der Waals surface area contributed by atoms with Crippen LogP contribution in [-0.2, 0) is 11.3 Å². The summed E-state index contributed by atoms with van der Waals surface area (Å²) in [6.45, 7) is 2.63. The first kappa shape index (κ1) is 15.1. The van der Waals surface area contributed by atoms with Gasteiger partial charge in [0.1, 0.15) is 11.5 Å². The second-order valence-corrected chi connectivity index (χ2v) is 4.71. The van der Waals surface area contributed by atoms with Gasteiger partial charge in [-0.1, -0.05) is 18.2 Å². The van der Waals surface area contributed by atoms with Gasteiger partial charge >= 0.3 is 0 Å². The maximum absolute atomic E-state index is 11.8. The smallest absolute Gasteiger partial charge is 0.234 e. The average molecular weight is 288 g/mol. The van der Waals surface area contributed by atoms with Gasteiger partial charge in [0, 0.05) is 12.1 Å². The largest absolute Gasteiger partial charge is 0.496 e. The quantitative estimate of drug-likeness (QED) is 0.820. The lowest BCUT2D eigenvalue weighted by Crippen LogP contribution is -2.34. The van der Waals surface area contributed by atoms with Crippen LogP contribution in [0.5, 0.6) is 5.75 Å². The normalized spacial score (nSPS) is 11.9. The minimum Gasteiger partial charge on any atom is -0.496 e. The number of ether oxygens (including phenoxy) is 1. The van der Waals surface area contributed by atoms with Crippen LogP contribution in [0, 0.1) is 0 Å². The number of methoxy groups -OCH3 is 1. The summed E-state index contributed by atoms with van der Waals surface area (Å²) in [6.07, 6.45) is 1.62. The van der Waals surface area contributed by atoms with Gasteiger partial charge < -0.3 is 14.5 Å². The van der Waals surface area contributed by atoms with Gasteiger partial charge in [0.2, 0.25) is 5.91 Å². The Hall–Kier alpha value is -2.27. The van der Waals surface area contributed by atoms with E-state index in [4.69, 9.17) is 9.15 Å². The Morgan fingerprint density at radius 2 is 2.10 bits per heavy atom. The van der Waals surface area contributed by atoms with Crippen LogP contribution in [0.15, 0.2) is 47.1 Å². The van der Waals surface area contributed by atoms with Crippen molar-refractivity contribution < 1.29 is 13.9 Å². The lowest BCUT2D eigenvalue weighted by Gasteiger charge is -2.12. The third-order valence-electron chi connectivity index (χ3n) is 3.21. The van der Waals surface area contributed by atoms with Gasteiger partial charge in [0.25, 0.3) is 0 Å². The fraction of sp³-hybridized carbons (Fsp3) is 0.312.